The van der Waals surface area contributed by atoms with Gasteiger partial charge >= 0.3 is 0 Å². The van der Waals surface area contributed by atoms with E-state index >= 15 is 0 Å². The maximum Gasteiger partial charge on any atom is 0.169 e. The molecule has 0 aromatic heterocycles. The molecule has 0 aliphatic carbocycles. The minimum absolute atomic E-state index is 0.708. The van der Waals surface area contributed by atoms with Gasteiger partial charge in [-0.15, -0.1) is 0 Å². The Labute approximate surface area is 144 Å². The molecule has 0 aliphatic heterocycles. The van der Waals surface area contributed by atoms with E-state index < -0.39 is 0 Å². The second kappa shape index (κ2) is 7.97. The monoisotopic (exact) mass is 328 g/mol. The molecule has 0 aliphatic rings. The van der Waals surface area contributed by atoms with E-state index in [0.29, 0.717) is 6.54 Å². The van der Waals surface area contributed by atoms with Crippen molar-refractivity contribution in [1.82, 2.24) is 10.2 Å². The molecule has 2 aromatic carbocycles. The number of aryl methyl sites for hydroxylation is 2. The third-order valence-electron chi connectivity index (χ3n) is 3.86. The van der Waals surface area contributed by atoms with E-state index in [2.05, 4.69) is 42.3 Å². The Balaban J connectivity index is 1.89. The lowest BCUT2D eigenvalue weighted by Crippen LogP contribution is -2.36. The highest BCUT2D eigenvalue weighted by Crippen LogP contribution is 2.13. The van der Waals surface area contributed by atoms with Crippen LogP contribution in [0.5, 0.6) is 5.75 Å². The maximum absolute atomic E-state index is 5.48. The van der Waals surface area contributed by atoms with Gasteiger partial charge in [-0.2, -0.15) is 0 Å². The van der Waals surface area contributed by atoms with E-state index in [1.165, 1.54) is 22.3 Å². The van der Waals surface area contributed by atoms with Gasteiger partial charge in [0.2, 0.25) is 0 Å². The number of benzene rings is 2. The summed E-state index contributed by atoms with van der Waals surface area (Å²) in [6, 6.07) is 14.5. The largest absolute Gasteiger partial charge is 0.497 e. The van der Waals surface area contributed by atoms with Crippen LogP contribution in [0.3, 0.4) is 0 Å². The fourth-order valence-electron chi connectivity index (χ4n) is 2.41. The molecular weight excluding hydrogens is 304 g/mol. The Kier molecular flexibility index (Phi) is 5.99. The van der Waals surface area contributed by atoms with Crippen LogP contribution >= 0.6 is 12.2 Å². The number of nitrogens with zero attached hydrogens (tertiary/aromatic N) is 1. The van der Waals surface area contributed by atoms with Crippen molar-refractivity contribution < 1.29 is 4.74 Å². The van der Waals surface area contributed by atoms with Gasteiger partial charge in [0.1, 0.15) is 5.75 Å². The molecule has 0 fully saturated rings. The van der Waals surface area contributed by atoms with Crippen LogP contribution in [-0.4, -0.2) is 24.2 Å². The van der Waals surface area contributed by atoms with Gasteiger partial charge in [-0.05, 0) is 54.9 Å². The van der Waals surface area contributed by atoms with Gasteiger partial charge in [-0.1, -0.05) is 35.9 Å². The first kappa shape index (κ1) is 17.3. The molecule has 0 heterocycles. The van der Waals surface area contributed by atoms with E-state index in [4.69, 9.17) is 17.0 Å². The summed E-state index contributed by atoms with van der Waals surface area (Å²) in [5.74, 6) is 0.864. The lowest BCUT2D eigenvalue weighted by atomic mass is 10.1. The van der Waals surface area contributed by atoms with E-state index in [0.717, 1.165) is 17.4 Å². The third-order valence-corrected chi connectivity index (χ3v) is 4.31. The summed E-state index contributed by atoms with van der Waals surface area (Å²) in [5, 5.41) is 4.05. The summed E-state index contributed by atoms with van der Waals surface area (Å²) < 4.78 is 5.16. The fourth-order valence-corrected chi connectivity index (χ4v) is 2.54. The smallest absolute Gasteiger partial charge is 0.169 e. The molecular formula is C19H24N2OS. The van der Waals surface area contributed by atoms with Crippen LogP contribution in [0.4, 0.5) is 0 Å². The number of hydrogen-bond acceptors (Lipinski definition) is 2. The van der Waals surface area contributed by atoms with Crippen LogP contribution in [0.15, 0.2) is 42.5 Å². The molecule has 0 bridgehead atoms. The Morgan fingerprint density at radius 3 is 2.43 bits per heavy atom. The molecule has 122 valence electrons. The summed E-state index contributed by atoms with van der Waals surface area (Å²) in [6.07, 6.45) is 0. The zero-order chi connectivity index (χ0) is 16.8. The van der Waals surface area contributed by atoms with Crippen molar-refractivity contribution in [2.75, 3.05) is 14.2 Å². The first-order chi connectivity index (χ1) is 11.0. The summed E-state index contributed by atoms with van der Waals surface area (Å²) in [7, 11) is 3.69. The topological polar surface area (TPSA) is 24.5 Å². The highest BCUT2D eigenvalue weighted by atomic mass is 32.1. The highest BCUT2D eigenvalue weighted by molar-refractivity contribution is 7.80. The highest BCUT2D eigenvalue weighted by Gasteiger charge is 2.07. The van der Waals surface area contributed by atoms with Crippen molar-refractivity contribution in [1.29, 1.82) is 0 Å². The van der Waals surface area contributed by atoms with Gasteiger partial charge in [0.25, 0.3) is 0 Å². The molecule has 2 aromatic rings. The molecule has 2 rings (SSSR count). The van der Waals surface area contributed by atoms with Crippen molar-refractivity contribution in [3.8, 4) is 5.75 Å². The van der Waals surface area contributed by atoms with Crippen LogP contribution < -0.4 is 10.1 Å². The minimum Gasteiger partial charge on any atom is -0.497 e. The number of nitrogens with one attached hydrogen (secondary N) is 1. The molecule has 0 radical (unpaired) electrons. The SMILES string of the molecule is COc1ccc(CNC(=S)N(C)Cc2ccc(C)cc2C)cc1. The third kappa shape index (κ3) is 4.96. The van der Waals surface area contributed by atoms with Gasteiger partial charge in [-0.25, -0.2) is 0 Å². The van der Waals surface area contributed by atoms with Crippen LogP contribution in [-0.2, 0) is 13.1 Å². The van der Waals surface area contributed by atoms with Crippen molar-refractivity contribution in [3.63, 3.8) is 0 Å². The number of thiocarbonyl (C=S) groups is 1. The average molecular weight is 328 g/mol. The standard InChI is InChI=1S/C19H24N2OS/c1-14-5-8-17(15(2)11-14)13-21(3)19(23)20-12-16-6-9-18(22-4)10-7-16/h5-11H,12-13H2,1-4H3,(H,20,23). The van der Waals surface area contributed by atoms with Gasteiger partial charge < -0.3 is 15.0 Å². The van der Waals surface area contributed by atoms with E-state index in [1.54, 1.807) is 7.11 Å². The Morgan fingerprint density at radius 2 is 1.83 bits per heavy atom. The Hall–Kier alpha value is -2.07. The zero-order valence-electron chi connectivity index (χ0n) is 14.2. The molecule has 3 nitrogen and oxygen atoms in total. The molecule has 0 amide bonds. The predicted octanol–water partition coefficient (Wildman–Crippen LogP) is 3.82. The molecule has 23 heavy (non-hydrogen) atoms. The molecule has 0 spiro atoms. The normalized spacial score (nSPS) is 10.3. The fraction of sp³-hybridized carbons (Fsp3) is 0.316. The lowest BCUT2D eigenvalue weighted by Gasteiger charge is -2.22. The summed E-state index contributed by atoms with van der Waals surface area (Å²) in [4.78, 5) is 2.07. The molecule has 0 atom stereocenters. The molecule has 0 saturated heterocycles. The molecule has 0 saturated carbocycles. The summed E-state index contributed by atoms with van der Waals surface area (Å²) in [5.41, 5.74) is 5.06. The quantitative estimate of drug-likeness (QED) is 0.844. The van der Waals surface area contributed by atoms with E-state index in [-0.39, 0.29) is 0 Å². The molecule has 0 unspecified atom stereocenters. The van der Waals surface area contributed by atoms with Gasteiger partial charge in [0, 0.05) is 20.1 Å². The van der Waals surface area contributed by atoms with Crippen molar-refractivity contribution >= 4 is 17.3 Å². The van der Waals surface area contributed by atoms with Gasteiger partial charge in [0.15, 0.2) is 5.11 Å². The average Bonchev–Trinajstić information content (AvgIpc) is 2.55. The van der Waals surface area contributed by atoms with Gasteiger partial charge in [0.05, 0.1) is 7.11 Å². The van der Waals surface area contributed by atoms with Crippen molar-refractivity contribution in [2.45, 2.75) is 26.9 Å². The number of rotatable bonds is 5. The van der Waals surface area contributed by atoms with E-state index in [1.807, 2.05) is 31.3 Å². The predicted molar refractivity (Wildman–Crippen MR) is 99.8 cm³/mol. The lowest BCUT2D eigenvalue weighted by molar-refractivity contribution is 0.414. The van der Waals surface area contributed by atoms with Gasteiger partial charge in [-0.3, -0.25) is 0 Å². The maximum atomic E-state index is 5.48. The zero-order valence-corrected chi connectivity index (χ0v) is 15.0. The second-order valence-corrected chi connectivity index (χ2v) is 6.18. The molecule has 1 N–H and O–H groups in total. The number of ether oxygens (including phenoxy) is 1. The first-order valence-electron chi connectivity index (χ1n) is 7.67. The number of methoxy groups -OCH3 is 1. The number of hydrogen-bond donors (Lipinski definition) is 1. The summed E-state index contributed by atoms with van der Waals surface area (Å²) in [6.45, 7) is 5.77. The van der Waals surface area contributed by atoms with Crippen LogP contribution in [0.25, 0.3) is 0 Å². The van der Waals surface area contributed by atoms with Crippen molar-refractivity contribution in [3.05, 3.63) is 64.7 Å². The van der Waals surface area contributed by atoms with Crippen LogP contribution in [0.1, 0.15) is 22.3 Å². The van der Waals surface area contributed by atoms with Crippen LogP contribution in [0, 0.1) is 13.8 Å². The Bertz CT molecular complexity index is 668. The second-order valence-electron chi connectivity index (χ2n) is 5.79. The van der Waals surface area contributed by atoms with Crippen molar-refractivity contribution in [2.24, 2.45) is 0 Å². The van der Waals surface area contributed by atoms with Crippen LogP contribution in [0.2, 0.25) is 0 Å². The summed E-state index contributed by atoms with van der Waals surface area (Å²) >= 11 is 5.48. The minimum atomic E-state index is 0.708. The molecule has 4 heteroatoms. The first-order valence-corrected chi connectivity index (χ1v) is 8.08. The Morgan fingerprint density at radius 1 is 1.13 bits per heavy atom. The van der Waals surface area contributed by atoms with E-state index in [9.17, 15) is 0 Å².